The molecular weight excluding hydrogens is 317 g/mol. The van der Waals surface area contributed by atoms with E-state index < -0.39 is 5.82 Å². The molecule has 25 heavy (non-hydrogen) atoms. The number of rotatable bonds is 4. The first-order valence-electron chi connectivity index (χ1n) is 8.14. The number of pyridine rings is 1. The fraction of sp³-hybridized carbons (Fsp3) is 0.150. The first kappa shape index (κ1) is 15.4. The predicted octanol–water partition coefficient (Wildman–Crippen LogP) is 3.63. The highest BCUT2D eigenvalue weighted by Crippen LogP contribution is 2.47. The van der Waals surface area contributed by atoms with Crippen molar-refractivity contribution in [3.05, 3.63) is 77.7 Å². The van der Waals surface area contributed by atoms with Crippen LogP contribution < -0.4 is 5.43 Å². The zero-order valence-electron chi connectivity index (χ0n) is 13.4. The third-order valence-corrected chi connectivity index (χ3v) is 4.42. The van der Waals surface area contributed by atoms with E-state index in [-0.39, 0.29) is 17.7 Å². The molecule has 2 aromatic carbocycles. The number of benzene rings is 2. The zero-order chi connectivity index (χ0) is 17.2. The number of hydrogen-bond donors (Lipinski definition) is 1. The van der Waals surface area contributed by atoms with Gasteiger partial charge in [0.25, 0.3) is 0 Å². The van der Waals surface area contributed by atoms with Crippen molar-refractivity contribution >= 4 is 23.0 Å². The Morgan fingerprint density at radius 3 is 2.88 bits per heavy atom. The van der Waals surface area contributed by atoms with E-state index in [2.05, 4.69) is 15.5 Å². The molecule has 0 saturated heterocycles. The Kier molecular flexibility index (Phi) is 3.98. The summed E-state index contributed by atoms with van der Waals surface area (Å²) in [6.07, 6.45) is 3.84. The number of aromatic nitrogens is 1. The fourth-order valence-electron chi connectivity index (χ4n) is 3.05. The van der Waals surface area contributed by atoms with E-state index in [9.17, 15) is 9.18 Å². The van der Waals surface area contributed by atoms with Crippen LogP contribution in [0.4, 0.5) is 4.39 Å². The minimum atomic E-state index is -0.405. The van der Waals surface area contributed by atoms with Crippen molar-refractivity contribution in [2.45, 2.75) is 12.3 Å². The van der Waals surface area contributed by atoms with Crippen LogP contribution in [-0.4, -0.2) is 17.1 Å². The van der Waals surface area contributed by atoms with E-state index in [1.165, 1.54) is 17.8 Å². The Hall–Kier alpha value is -3.08. The highest BCUT2D eigenvalue weighted by Gasteiger charge is 2.43. The summed E-state index contributed by atoms with van der Waals surface area (Å²) in [5, 5.41) is 4.66. The number of halogens is 1. The Bertz CT molecular complexity index is 956. The summed E-state index contributed by atoms with van der Waals surface area (Å²) >= 11 is 0. The van der Waals surface area contributed by atoms with Gasteiger partial charge in [-0.3, -0.25) is 9.78 Å². The number of hydrazone groups is 1. The Morgan fingerprint density at radius 2 is 2.04 bits per heavy atom. The van der Waals surface area contributed by atoms with Gasteiger partial charge in [-0.25, -0.2) is 9.82 Å². The van der Waals surface area contributed by atoms with Crippen LogP contribution in [0.3, 0.4) is 0 Å². The largest absolute Gasteiger partial charge is 0.273 e. The number of fused-ring (bicyclic) bond motifs is 1. The van der Waals surface area contributed by atoms with Gasteiger partial charge in [-0.15, -0.1) is 0 Å². The lowest BCUT2D eigenvalue weighted by molar-refractivity contribution is -0.122. The maximum atomic E-state index is 14.0. The van der Waals surface area contributed by atoms with E-state index in [4.69, 9.17) is 0 Å². The number of hydrogen-bond acceptors (Lipinski definition) is 3. The van der Waals surface area contributed by atoms with Gasteiger partial charge < -0.3 is 0 Å². The Balaban J connectivity index is 1.41. The molecule has 1 N–H and O–H groups in total. The molecule has 1 amide bonds. The van der Waals surface area contributed by atoms with Crippen LogP contribution in [0, 0.1) is 11.7 Å². The molecule has 1 aliphatic rings. The average molecular weight is 333 g/mol. The predicted molar refractivity (Wildman–Crippen MR) is 94.7 cm³/mol. The lowest BCUT2D eigenvalue weighted by Crippen LogP contribution is -2.20. The standard InChI is InChI=1S/C20H16FN3O/c21-18-10-13(9-15-7-4-8-22-19(15)18)12-23-24-20(25)17-11-16(17)14-5-2-1-3-6-14/h1-10,12,16-17H,11H2,(H,24,25)/t16-,17+/m0/s1. The topological polar surface area (TPSA) is 54.4 Å². The lowest BCUT2D eigenvalue weighted by atomic mass is 10.1. The summed E-state index contributed by atoms with van der Waals surface area (Å²) in [5.74, 6) is -0.289. The molecule has 0 unspecified atom stereocenters. The number of carbonyl (C=O) groups is 1. The van der Waals surface area contributed by atoms with Crippen LogP contribution in [0.2, 0.25) is 0 Å². The van der Waals surface area contributed by atoms with Crippen molar-refractivity contribution < 1.29 is 9.18 Å². The van der Waals surface area contributed by atoms with E-state index >= 15 is 0 Å². The molecule has 0 spiro atoms. The molecule has 1 fully saturated rings. The van der Waals surface area contributed by atoms with Crippen molar-refractivity contribution in [2.24, 2.45) is 11.0 Å². The molecule has 0 bridgehead atoms. The van der Waals surface area contributed by atoms with Gasteiger partial charge in [-0.05, 0) is 41.7 Å². The number of carbonyl (C=O) groups excluding carboxylic acids is 1. The monoisotopic (exact) mass is 333 g/mol. The third-order valence-electron chi connectivity index (χ3n) is 4.42. The van der Waals surface area contributed by atoms with Crippen molar-refractivity contribution in [2.75, 3.05) is 0 Å². The number of nitrogens with one attached hydrogen (secondary N) is 1. The molecule has 1 aromatic heterocycles. The Labute approximate surface area is 144 Å². The molecule has 1 saturated carbocycles. The highest BCUT2D eigenvalue weighted by molar-refractivity contribution is 5.90. The van der Waals surface area contributed by atoms with E-state index in [0.29, 0.717) is 16.5 Å². The molecule has 4 rings (SSSR count). The van der Waals surface area contributed by atoms with E-state index in [0.717, 1.165) is 6.42 Å². The van der Waals surface area contributed by atoms with Crippen molar-refractivity contribution in [1.29, 1.82) is 0 Å². The van der Waals surface area contributed by atoms with E-state index in [1.807, 2.05) is 30.3 Å². The summed E-state index contributed by atoms with van der Waals surface area (Å²) in [6, 6.07) is 16.7. The summed E-state index contributed by atoms with van der Waals surface area (Å²) in [6.45, 7) is 0. The number of nitrogens with zero attached hydrogens (tertiary/aromatic N) is 2. The van der Waals surface area contributed by atoms with Crippen molar-refractivity contribution in [3.8, 4) is 0 Å². The summed E-state index contributed by atoms with van der Waals surface area (Å²) < 4.78 is 14.0. The normalized spacial score (nSPS) is 19.2. The van der Waals surface area contributed by atoms with Gasteiger partial charge in [0.05, 0.1) is 6.21 Å². The van der Waals surface area contributed by atoms with Crippen LogP contribution >= 0.6 is 0 Å². The number of amides is 1. The highest BCUT2D eigenvalue weighted by atomic mass is 19.1. The van der Waals surface area contributed by atoms with Crippen LogP contribution in [0.15, 0.2) is 65.9 Å². The third kappa shape index (κ3) is 3.26. The minimum Gasteiger partial charge on any atom is -0.273 e. The van der Waals surface area contributed by atoms with E-state index in [1.54, 1.807) is 24.4 Å². The van der Waals surface area contributed by atoms with Gasteiger partial charge in [0.2, 0.25) is 5.91 Å². The molecule has 0 aliphatic heterocycles. The second-order valence-electron chi connectivity index (χ2n) is 6.17. The molecule has 2 atom stereocenters. The van der Waals surface area contributed by atoms with Gasteiger partial charge in [0.15, 0.2) is 0 Å². The summed E-state index contributed by atoms with van der Waals surface area (Å²) in [5.41, 5.74) is 4.63. The second-order valence-corrected chi connectivity index (χ2v) is 6.17. The maximum absolute atomic E-state index is 14.0. The van der Waals surface area contributed by atoms with Crippen LogP contribution in [0.1, 0.15) is 23.5 Å². The van der Waals surface area contributed by atoms with Crippen molar-refractivity contribution in [3.63, 3.8) is 0 Å². The maximum Gasteiger partial charge on any atom is 0.243 e. The van der Waals surface area contributed by atoms with Crippen LogP contribution in [0.25, 0.3) is 10.9 Å². The molecule has 1 aliphatic carbocycles. The molecular formula is C20H16FN3O. The Morgan fingerprint density at radius 1 is 1.20 bits per heavy atom. The lowest BCUT2D eigenvalue weighted by Gasteiger charge is -2.02. The molecule has 124 valence electrons. The molecule has 5 heteroatoms. The van der Waals surface area contributed by atoms with Crippen LogP contribution in [-0.2, 0) is 4.79 Å². The van der Waals surface area contributed by atoms with Gasteiger partial charge in [0, 0.05) is 17.5 Å². The second kappa shape index (κ2) is 6.43. The quantitative estimate of drug-likeness (QED) is 0.585. The molecule has 4 nitrogen and oxygen atoms in total. The molecule has 0 radical (unpaired) electrons. The summed E-state index contributed by atoms with van der Waals surface area (Å²) in [4.78, 5) is 16.2. The minimum absolute atomic E-state index is 0.0444. The van der Waals surface area contributed by atoms with Gasteiger partial charge in [-0.1, -0.05) is 36.4 Å². The average Bonchev–Trinajstić information content (AvgIpc) is 3.43. The molecule has 1 heterocycles. The first-order chi connectivity index (χ1) is 12.2. The SMILES string of the molecule is O=C(NN=Cc1cc(F)c2ncccc2c1)[C@@H]1C[C@H]1c1ccccc1. The molecule has 3 aromatic rings. The summed E-state index contributed by atoms with van der Waals surface area (Å²) in [7, 11) is 0. The van der Waals surface area contributed by atoms with Gasteiger partial charge >= 0.3 is 0 Å². The van der Waals surface area contributed by atoms with Crippen molar-refractivity contribution in [1.82, 2.24) is 10.4 Å². The fourth-order valence-corrected chi connectivity index (χ4v) is 3.05. The first-order valence-corrected chi connectivity index (χ1v) is 8.14. The smallest absolute Gasteiger partial charge is 0.243 e. The zero-order valence-corrected chi connectivity index (χ0v) is 13.4. The van der Waals surface area contributed by atoms with Gasteiger partial charge in [-0.2, -0.15) is 5.10 Å². The van der Waals surface area contributed by atoms with Crippen LogP contribution in [0.5, 0.6) is 0 Å². The van der Waals surface area contributed by atoms with Gasteiger partial charge in [0.1, 0.15) is 11.3 Å².